The van der Waals surface area contributed by atoms with Crippen molar-refractivity contribution >= 4 is 16.3 Å². The fourth-order valence-electron chi connectivity index (χ4n) is 2.09. The van der Waals surface area contributed by atoms with Gasteiger partial charge in [0.1, 0.15) is 0 Å². The van der Waals surface area contributed by atoms with Crippen molar-refractivity contribution in [3.63, 3.8) is 0 Å². The number of hydrogen-bond acceptors (Lipinski definition) is 4. The highest BCUT2D eigenvalue weighted by Crippen LogP contribution is 2.35. The Bertz CT molecular complexity index is 593. The number of nitrogens with zero attached hydrogens (tertiary/aromatic N) is 1. The Balaban J connectivity index is 2.23. The van der Waals surface area contributed by atoms with Gasteiger partial charge in [-0.15, -0.1) is 0 Å². The zero-order valence-electron chi connectivity index (χ0n) is 10.3. The van der Waals surface area contributed by atoms with E-state index in [1.807, 2.05) is 0 Å². The van der Waals surface area contributed by atoms with E-state index in [0.717, 1.165) is 16.4 Å². The molecule has 9 heteroatoms. The largest absolute Gasteiger partial charge is 0.440 e. The summed E-state index contributed by atoms with van der Waals surface area (Å²) >= 11 is 0. The molecule has 0 N–H and O–H groups in total. The van der Waals surface area contributed by atoms with Crippen molar-refractivity contribution in [2.75, 3.05) is 13.1 Å². The van der Waals surface area contributed by atoms with Gasteiger partial charge in [0.25, 0.3) is 10.0 Å². The fraction of sp³-hybridized carbons (Fsp3) is 0.545. The first-order chi connectivity index (χ1) is 9.25. The van der Waals surface area contributed by atoms with E-state index in [1.165, 1.54) is 0 Å². The molecule has 1 unspecified atom stereocenters. The van der Waals surface area contributed by atoms with E-state index in [2.05, 4.69) is 0 Å². The summed E-state index contributed by atoms with van der Waals surface area (Å²) in [6.07, 6.45) is -4.06. The molecule has 1 aliphatic rings. The highest BCUT2D eigenvalue weighted by molar-refractivity contribution is 7.89. The van der Waals surface area contributed by atoms with Gasteiger partial charge in [0.05, 0.1) is 5.92 Å². The van der Waals surface area contributed by atoms with Crippen molar-refractivity contribution in [2.45, 2.75) is 24.1 Å². The lowest BCUT2D eigenvalue weighted by atomic mass is 9.99. The number of piperidine rings is 1. The van der Waals surface area contributed by atoms with Crippen LogP contribution in [0.4, 0.5) is 13.2 Å². The molecule has 0 amide bonds. The van der Waals surface area contributed by atoms with Gasteiger partial charge >= 0.3 is 6.18 Å². The van der Waals surface area contributed by atoms with E-state index in [4.69, 9.17) is 4.42 Å². The number of carbonyl (C=O) groups is 1. The molecule has 1 atom stereocenters. The predicted molar refractivity (Wildman–Crippen MR) is 61.6 cm³/mol. The van der Waals surface area contributed by atoms with Gasteiger partial charge in [0.2, 0.25) is 5.09 Å². The molecule has 0 radical (unpaired) electrons. The molecule has 0 saturated carbocycles. The molecule has 2 heterocycles. The van der Waals surface area contributed by atoms with Crippen LogP contribution < -0.4 is 0 Å². The van der Waals surface area contributed by atoms with Crippen LogP contribution in [0.1, 0.15) is 23.4 Å². The Labute approximate surface area is 113 Å². The smallest absolute Gasteiger partial charge is 0.393 e. The third-order valence-corrected chi connectivity index (χ3v) is 4.90. The van der Waals surface area contributed by atoms with Crippen LogP contribution in [0, 0.1) is 5.92 Å². The zero-order chi connectivity index (χ0) is 15.0. The Morgan fingerprint density at radius 3 is 2.60 bits per heavy atom. The van der Waals surface area contributed by atoms with E-state index in [1.54, 1.807) is 0 Å². The number of sulfonamides is 1. The number of alkyl halides is 3. The molecular formula is C11H12F3NO4S. The van der Waals surface area contributed by atoms with Crippen molar-refractivity contribution in [3.8, 4) is 0 Å². The second-order valence-electron chi connectivity index (χ2n) is 4.52. The average Bonchev–Trinajstić information content (AvgIpc) is 2.87. The van der Waals surface area contributed by atoms with Crippen LogP contribution in [-0.2, 0) is 10.0 Å². The van der Waals surface area contributed by atoms with E-state index >= 15 is 0 Å². The summed E-state index contributed by atoms with van der Waals surface area (Å²) in [4.78, 5) is 10.5. The molecule has 1 aliphatic heterocycles. The predicted octanol–water partition coefficient (Wildman–Crippen LogP) is 2.06. The minimum Gasteiger partial charge on any atom is -0.440 e. The maximum Gasteiger partial charge on any atom is 0.393 e. The summed E-state index contributed by atoms with van der Waals surface area (Å²) in [6, 6.07) is 2.22. The Hall–Kier alpha value is -1.35. The second-order valence-corrected chi connectivity index (χ2v) is 6.39. The minimum absolute atomic E-state index is 0.00599. The summed E-state index contributed by atoms with van der Waals surface area (Å²) in [5.41, 5.74) is 0. The summed E-state index contributed by atoms with van der Waals surface area (Å²) in [6.45, 7) is -0.616. The summed E-state index contributed by atoms with van der Waals surface area (Å²) in [5, 5.41) is -0.512. The molecular weight excluding hydrogens is 299 g/mol. The van der Waals surface area contributed by atoms with Gasteiger partial charge in [-0.25, -0.2) is 8.42 Å². The number of rotatable bonds is 3. The fourth-order valence-corrected chi connectivity index (χ4v) is 3.53. The average molecular weight is 311 g/mol. The Morgan fingerprint density at radius 1 is 1.35 bits per heavy atom. The van der Waals surface area contributed by atoms with Gasteiger partial charge in [-0.05, 0) is 25.0 Å². The molecule has 112 valence electrons. The van der Waals surface area contributed by atoms with Crippen molar-refractivity contribution in [2.24, 2.45) is 5.92 Å². The van der Waals surface area contributed by atoms with Crippen LogP contribution in [0.25, 0.3) is 0 Å². The van der Waals surface area contributed by atoms with Crippen molar-refractivity contribution < 1.29 is 30.8 Å². The van der Waals surface area contributed by atoms with Crippen LogP contribution >= 0.6 is 0 Å². The molecule has 1 aromatic heterocycles. The molecule has 1 saturated heterocycles. The summed E-state index contributed by atoms with van der Waals surface area (Å²) < 4.78 is 67.8. The van der Waals surface area contributed by atoms with E-state index in [0.29, 0.717) is 6.29 Å². The van der Waals surface area contributed by atoms with E-state index in [9.17, 15) is 26.4 Å². The first kappa shape index (κ1) is 15.0. The second kappa shape index (κ2) is 5.21. The quantitative estimate of drug-likeness (QED) is 0.801. The number of halogens is 3. The standard InChI is InChI=1S/C11H12F3NO4S/c12-11(13,14)8-2-1-5-15(6-8)20(17,18)10-4-3-9(7-16)19-10/h3-4,7-8H,1-2,5-6H2. The number of furan rings is 1. The molecule has 1 aromatic rings. The maximum absolute atomic E-state index is 12.7. The third kappa shape index (κ3) is 2.88. The molecule has 0 aromatic carbocycles. The highest BCUT2D eigenvalue weighted by Gasteiger charge is 2.44. The molecule has 0 spiro atoms. The van der Waals surface area contributed by atoms with Crippen molar-refractivity contribution in [1.29, 1.82) is 0 Å². The lowest BCUT2D eigenvalue weighted by Gasteiger charge is -2.32. The van der Waals surface area contributed by atoms with Gasteiger partial charge in [-0.2, -0.15) is 17.5 Å². The normalized spacial score (nSPS) is 21.9. The number of carbonyl (C=O) groups excluding carboxylic acids is 1. The monoisotopic (exact) mass is 311 g/mol. The molecule has 20 heavy (non-hydrogen) atoms. The van der Waals surface area contributed by atoms with Gasteiger partial charge in [-0.1, -0.05) is 0 Å². The van der Waals surface area contributed by atoms with Crippen LogP contribution in [0.2, 0.25) is 0 Å². The lowest BCUT2D eigenvalue weighted by Crippen LogP contribution is -2.44. The molecule has 1 fully saturated rings. The van der Waals surface area contributed by atoms with Gasteiger partial charge in [0, 0.05) is 13.1 Å². The maximum atomic E-state index is 12.7. The van der Waals surface area contributed by atoms with Crippen LogP contribution in [0.15, 0.2) is 21.6 Å². The topological polar surface area (TPSA) is 67.6 Å². The van der Waals surface area contributed by atoms with Gasteiger partial charge < -0.3 is 4.42 Å². The molecule has 0 aliphatic carbocycles. The van der Waals surface area contributed by atoms with E-state index < -0.39 is 33.8 Å². The van der Waals surface area contributed by atoms with E-state index in [-0.39, 0.29) is 25.1 Å². The van der Waals surface area contributed by atoms with Crippen LogP contribution in [0.3, 0.4) is 0 Å². The van der Waals surface area contributed by atoms with Crippen LogP contribution in [0.5, 0.6) is 0 Å². The molecule has 0 bridgehead atoms. The number of aldehydes is 1. The lowest BCUT2D eigenvalue weighted by molar-refractivity contribution is -0.182. The first-order valence-electron chi connectivity index (χ1n) is 5.87. The zero-order valence-corrected chi connectivity index (χ0v) is 11.1. The summed E-state index contributed by atoms with van der Waals surface area (Å²) in [5.74, 6) is -1.86. The SMILES string of the molecule is O=Cc1ccc(S(=O)(=O)N2CCCC(C(F)(F)F)C2)o1. The molecule has 5 nitrogen and oxygen atoms in total. The van der Waals surface area contributed by atoms with Crippen molar-refractivity contribution in [3.05, 3.63) is 17.9 Å². The first-order valence-corrected chi connectivity index (χ1v) is 7.31. The number of hydrogen-bond donors (Lipinski definition) is 0. The van der Waals surface area contributed by atoms with Gasteiger partial charge in [0.15, 0.2) is 12.0 Å². The third-order valence-electron chi connectivity index (χ3n) is 3.16. The van der Waals surface area contributed by atoms with Gasteiger partial charge in [-0.3, -0.25) is 4.79 Å². The molecule has 2 rings (SSSR count). The van der Waals surface area contributed by atoms with Crippen LogP contribution in [-0.4, -0.2) is 38.3 Å². The minimum atomic E-state index is -4.43. The Kier molecular flexibility index (Phi) is 3.92. The highest BCUT2D eigenvalue weighted by atomic mass is 32.2. The van der Waals surface area contributed by atoms with Crippen molar-refractivity contribution in [1.82, 2.24) is 4.31 Å². The Morgan fingerprint density at radius 2 is 2.05 bits per heavy atom. The summed E-state index contributed by atoms with van der Waals surface area (Å²) in [7, 11) is -4.14.